The molecular weight excluding hydrogens is 508 g/mol. The van der Waals surface area contributed by atoms with Crippen molar-refractivity contribution >= 4 is 15.5 Å². The van der Waals surface area contributed by atoms with Gasteiger partial charge in [-0.05, 0) is 47.0 Å². The molecule has 2 heterocycles. The fraction of sp³-hybridized carbons (Fsp3) is 0.233. The number of hydrogen-bond acceptors (Lipinski definition) is 7. The summed E-state index contributed by atoms with van der Waals surface area (Å²) in [6.07, 6.45) is 5.08. The van der Waals surface area contributed by atoms with Gasteiger partial charge in [0.15, 0.2) is 9.84 Å². The summed E-state index contributed by atoms with van der Waals surface area (Å²) in [7, 11) is -3.45. The summed E-state index contributed by atoms with van der Waals surface area (Å²) in [5.41, 5.74) is 5.74. The molecule has 0 amide bonds. The van der Waals surface area contributed by atoms with Crippen LogP contribution in [0.25, 0.3) is 0 Å². The first kappa shape index (κ1) is 26.2. The van der Waals surface area contributed by atoms with Crippen LogP contribution in [0.3, 0.4) is 0 Å². The number of nitriles is 2. The van der Waals surface area contributed by atoms with Gasteiger partial charge in [0.2, 0.25) is 0 Å². The zero-order valence-corrected chi connectivity index (χ0v) is 22.4. The van der Waals surface area contributed by atoms with Crippen molar-refractivity contribution in [3.8, 4) is 12.1 Å². The molecule has 0 N–H and O–H groups in total. The fourth-order valence-electron chi connectivity index (χ4n) is 5.13. The minimum atomic E-state index is -3.45. The van der Waals surface area contributed by atoms with Gasteiger partial charge in [-0.15, -0.1) is 0 Å². The van der Waals surface area contributed by atoms with Crippen molar-refractivity contribution in [1.29, 1.82) is 10.5 Å². The molecule has 0 radical (unpaired) electrons. The number of fused-ring (bicyclic) bond motifs is 1. The van der Waals surface area contributed by atoms with E-state index < -0.39 is 15.2 Å². The Morgan fingerprint density at radius 1 is 0.923 bits per heavy atom. The number of benzene rings is 3. The van der Waals surface area contributed by atoms with Gasteiger partial charge in [0.1, 0.15) is 5.37 Å². The van der Waals surface area contributed by atoms with Crippen molar-refractivity contribution in [2.75, 3.05) is 24.2 Å². The second kappa shape index (κ2) is 11.1. The molecule has 0 saturated carbocycles. The molecule has 1 unspecified atom stereocenters. The van der Waals surface area contributed by atoms with Gasteiger partial charge in [-0.2, -0.15) is 10.5 Å². The van der Waals surface area contributed by atoms with Crippen LogP contribution in [0.2, 0.25) is 0 Å². The minimum absolute atomic E-state index is 0.404. The highest BCUT2D eigenvalue weighted by molar-refractivity contribution is 7.90. The normalized spacial score (nSPS) is 14.6. The fourth-order valence-corrected chi connectivity index (χ4v) is 6.51. The van der Waals surface area contributed by atoms with Gasteiger partial charge >= 0.3 is 0 Å². The topological polar surface area (TPSA) is 106 Å². The summed E-state index contributed by atoms with van der Waals surface area (Å²) in [6.45, 7) is 2.71. The molecule has 196 valence electrons. The first-order valence-corrected chi connectivity index (χ1v) is 14.5. The lowest BCUT2D eigenvalue weighted by molar-refractivity contribution is 0.251. The highest BCUT2D eigenvalue weighted by Gasteiger charge is 2.32. The van der Waals surface area contributed by atoms with Crippen molar-refractivity contribution in [1.82, 2.24) is 14.5 Å². The number of anilines is 1. The predicted octanol–water partition coefficient (Wildman–Crippen LogP) is 4.24. The van der Waals surface area contributed by atoms with Gasteiger partial charge in [-0.25, -0.2) is 13.4 Å². The Morgan fingerprint density at radius 2 is 1.64 bits per heavy atom. The highest BCUT2D eigenvalue weighted by atomic mass is 32.2. The largest absolute Gasteiger partial charge is 0.364 e. The molecule has 0 spiro atoms. The van der Waals surface area contributed by atoms with E-state index in [1.165, 1.54) is 6.26 Å². The van der Waals surface area contributed by atoms with Gasteiger partial charge in [-0.1, -0.05) is 42.5 Å². The molecule has 8 nitrogen and oxygen atoms in total. The lowest BCUT2D eigenvalue weighted by atomic mass is 10.1. The number of hydrogen-bond donors (Lipinski definition) is 0. The molecule has 1 aliphatic rings. The number of nitrogens with zero attached hydrogens (tertiary/aromatic N) is 6. The molecule has 39 heavy (non-hydrogen) atoms. The van der Waals surface area contributed by atoms with E-state index in [-0.39, 0.29) is 0 Å². The molecule has 0 aliphatic carbocycles. The van der Waals surface area contributed by atoms with Crippen LogP contribution in [0.15, 0.2) is 85.3 Å². The zero-order chi connectivity index (χ0) is 27.4. The second-order valence-corrected chi connectivity index (χ2v) is 11.9. The SMILES string of the molecule is CS(=O)(=O)C(c1ccccc1)N1CCN(Cc2cn(Cc3ccc(C#N)cc3)cn2)c2ccc(C#N)cc2C1. The number of imidazole rings is 1. The molecule has 4 aromatic rings. The van der Waals surface area contributed by atoms with E-state index >= 15 is 0 Å². The quantitative estimate of drug-likeness (QED) is 0.348. The lowest BCUT2D eigenvalue weighted by Gasteiger charge is -2.30. The van der Waals surface area contributed by atoms with Crippen molar-refractivity contribution in [2.45, 2.75) is 25.0 Å². The lowest BCUT2D eigenvalue weighted by Crippen LogP contribution is -2.37. The van der Waals surface area contributed by atoms with Gasteiger partial charge in [0, 0.05) is 44.3 Å². The van der Waals surface area contributed by atoms with Gasteiger partial charge < -0.3 is 9.47 Å². The molecule has 1 aliphatic heterocycles. The average Bonchev–Trinajstić information content (AvgIpc) is 3.30. The molecule has 0 fully saturated rings. The Morgan fingerprint density at radius 3 is 2.33 bits per heavy atom. The number of sulfone groups is 1. The van der Waals surface area contributed by atoms with E-state index in [4.69, 9.17) is 5.26 Å². The predicted molar refractivity (Wildman–Crippen MR) is 149 cm³/mol. The van der Waals surface area contributed by atoms with Crippen molar-refractivity contribution in [2.24, 2.45) is 0 Å². The van der Waals surface area contributed by atoms with Crippen LogP contribution in [0.5, 0.6) is 0 Å². The third-order valence-corrected chi connectivity index (χ3v) is 8.27. The summed E-state index contributed by atoms with van der Waals surface area (Å²) >= 11 is 0. The molecule has 5 rings (SSSR count). The summed E-state index contributed by atoms with van der Waals surface area (Å²) in [5.74, 6) is 0. The van der Waals surface area contributed by atoms with E-state index in [9.17, 15) is 13.7 Å². The first-order chi connectivity index (χ1) is 18.8. The van der Waals surface area contributed by atoms with Crippen LogP contribution in [0.4, 0.5) is 5.69 Å². The number of aromatic nitrogens is 2. The molecule has 0 saturated heterocycles. The maximum absolute atomic E-state index is 13.0. The molecule has 0 bridgehead atoms. The van der Waals surface area contributed by atoms with Crippen LogP contribution in [-0.2, 0) is 29.5 Å². The second-order valence-electron chi connectivity index (χ2n) is 9.79. The van der Waals surface area contributed by atoms with Crippen molar-refractivity contribution < 1.29 is 8.42 Å². The summed E-state index contributed by atoms with van der Waals surface area (Å²) < 4.78 is 28.0. The Hall–Kier alpha value is -4.44. The van der Waals surface area contributed by atoms with E-state index in [2.05, 4.69) is 22.0 Å². The van der Waals surface area contributed by atoms with Gasteiger partial charge in [0.05, 0.1) is 41.8 Å². The Bertz CT molecular complexity index is 1650. The molecule has 1 atom stereocenters. The van der Waals surface area contributed by atoms with Crippen molar-refractivity contribution in [3.05, 3.63) is 119 Å². The van der Waals surface area contributed by atoms with E-state index in [1.807, 2.05) is 82.4 Å². The summed E-state index contributed by atoms with van der Waals surface area (Å²) in [5, 5.41) is 17.8. The highest BCUT2D eigenvalue weighted by Crippen LogP contribution is 2.34. The van der Waals surface area contributed by atoms with E-state index in [1.54, 1.807) is 12.4 Å². The maximum atomic E-state index is 13.0. The van der Waals surface area contributed by atoms with Crippen molar-refractivity contribution in [3.63, 3.8) is 0 Å². The maximum Gasteiger partial charge on any atom is 0.167 e. The molecule has 3 aromatic carbocycles. The van der Waals surface area contributed by atoms with E-state index in [0.29, 0.717) is 43.9 Å². The van der Waals surface area contributed by atoms with Crippen LogP contribution in [0.1, 0.15) is 38.9 Å². The third kappa shape index (κ3) is 6.01. The Kier molecular flexibility index (Phi) is 7.47. The molecule has 1 aromatic heterocycles. The third-order valence-electron chi connectivity index (χ3n) is 6.89. The van der Waals surface area contributed by atoms with Gasteiger partial charge in [0.25, 0.3) is 0 Å². The Labute approximate surface area is 228 Å². The first-order valence-electron chi connectivity index (χ1n) is 12.6. The minimum Gasteiger partial charge on any atom is -0.364 e. The molecule has 9 heteroatoms. The molecular formula is C30H28N6O2S. The van der Waals surface area contributed by atoms with Gasteiger partial charge in [-0.3, -0.25) is 4.90 Å². The standard InChI is InChI=1S/C30H28N6O2S/c1-39(37,38)30(26-5-3-2-4-6-26)36-14-13-35(29-12-11-25(17-32)15-27(29)19-36)21-28-20-34(22-33-28)18-24-9-7-23(16-31)8-10-24/h2-12,15,20,22,30H,13-14,18-19,21H2,1H3. The van der Waals surface area contributed by atoms with Crippen LogP contribution < -0.4 is 4.90 Å². The van der Waals surface area contributed by atoms with Crippen LogP contribution in [0, 0.1) is 22.7 Å². The van der Waals surface area contributed by atoms with Crippen LogP contribution >= 0.6 is 0 Å². The smallest absolute Gasteiger partial charge is 0.167 e. The monoisotopic (exact) mass is 536 g/mol. The number of rotatable bonds is 7. The average molecular weight is 537 g/mol. The van der Waals surface area contributed by atoms with Crippen LogP contribution in [-0.4, -0.2) is 42.2 Å². The summed E-state index contributed by atoms with van der Waals surface area (Å²) in [6, 6.07) is 26.7. The Balaban J connectivity index is 1.41. The summed E-state index contributed by atoms with van der Waals surface area (Å²) in [4.78, 5) is 8.81. The van der Waals surface area contributed by atoms with E-state index in [0.717, 1.165) is 28.1 Å². The zero-order valence-electron chi connectivity index (χ0n) is 21.6.